The van der Waals surface area contributed by atoms with Gasteiger partial charge in [0.1, 0.15) is 6.07 Å². The van der Waals surface area contributed by atoms with E-state index in [4.69, 9.17) is 5.26 Å². The molecule has 5 heteroatoms. The van der Waals surface area contributed by atoms with Crippen molar-refractivity contribution in [2.24, 2.45) is 0 Å². The fourth-order valence-corrected chi connectivity index (χ4v) is 2.82. The maximum absolute atomic E-state index is 11.3. The Morgan fingerprint density at radius 2 is 1.95 bits per heavy atom. The van der Waals surface area contributed by atoms with Gasteiger partial charge in [-0.25, -0.2) is 4.79 Å². The molecule has 0 bridgehead atoms. The number of rotatable bonds is 3. The van der Waals surface area contributed by atoms with Gasteiger partial charge in [-0.1, -0.05) is 27.7 Å². The number of ether oxygens (including phenoxy) is 1. The van der Waals surface area contributed by atoms with E-state index >= 15 is 0 Å². The zero-order valence-electron chi connectivity index (χ0n) is 10.6. The number of carbonyl (C=O) groups is 1. The quantitative estimate of drug-likeness (QED) is 0.778. The smallest absolute Gasteiger partial charge is 0.337 e. The molecule has 0 atom stereocenters. The van der Waals surface area contributed by atoms with Gasteiger partial charge in [-0.15, -0.1) is 0 Å². The molecule has 0 aliphatic carbocycles. The molecule has 20 heavy (non-hydrogen) atoms. The van der Waals surface area contributed by atoms with E-state index < -0.39 is 0 Å². The Morgan fingerprint density at radius 1 is 1.25 bits per heavy atom. The molecule has 0 aliphatic heterocycles. The molecule has 0 radical (unpaired) electrons. The van der Waals surface area contributed by atoms with E-state index in [1.54, 1.807) is 18.2 Å². The van der Waals surface area contributed by atoms with E-state index in [-0.39, 0.29) is 5.97 Å². The van der Waals surface area contributed by atoms with Crippen LogP contribution in [0.25, 0.3) is 0 Å². The lowest BCUT2D eigenvalue weighted by atomic mass is 10.2. The summed E-state index contributed by atoms with van der Waals surface area (Å²) in [5.41, 5.74) is 1.12. The highest BCUT2D eigenvalue weighted by atomic mass is 79.9. The van der Waals surface area contributed by atoms with Gasteiger partial charge in [-0.3, -0.25) is 0 Å². The normalized spacial score (nSPS) is 9.85. The lowest BCUT2D eigenvalue weighted by Crippen LogP contribution is -2.00. The summed E-state index contributed by atoms with van der Waals surface area (Å²) in [5.74, 6) is -0.358. The third-order valence-electron chi connectivity index (χ3n) is 2.57. The Bertz CT molecular complexity index is 677. The van der Waals surface area contributed by atoms with Gasteiger partial charge in [0.15, 0.2) is 0 Å². The molecule has 100 valence electrons. The molecular weight excluding hydrogens is 338 g/mol. The first kappa shape index (κ1) is 14.6. The Labute approximate surface area is 129 Å². The van der Waals surface area contributed by atoms with Crippen LogP contribution in [0.1, 0.15) is 15.9 Å². The van der Waals surface area contributed by atoms with Gasteiger partial charge in [-0.05, 0) is 42.5 Å². The average Bonchev–Trinajstić information content (AvgIpc) is 2.49. The van der Waals surface area contributed by atoms with Crippen molar-refractivity contribution in [2.75, 3.05) is 7.11 Å². The Balaban J connectivity index is 2.23. The van der Waals surface area contributed by atoms with Crippen LogP contribution in [-0.4, -0.2) is 13.1 Å². The summed E-state index contributed by atoms with van der Waals surface area (Å²) in [6.07, 6.45) is 0. The Morgan fingerprint density at radius 3 is 2.55 bits per heavy atom. The first-order chi connectivity index (χ1) is 9.63. The monoisotopic (exact) mass is 347 g/mol. The molecule has 0 aliphatic rings. The number of hydrogen-bond acceptors (Lipinski definition) is 4. The number of nitrogens with zero attached hydrogens (tertiary/aromatic N) is 1. The predicted octanol–water partition coefficient (Wildman–Crippen LogP) is 4.26. The van der Waals surface area contributed by atoms with Crippen molar-refractivity contribution in [2.45, 2.75) is 9.79 Å². The number of methoxy groups -OCH3 is 1. The van der Waals surface area contributed by atoms with E-state index in [0.29, 0.717) is 11.1 Å². The zero-order chi connectivity index (χ0) is 14.5. The minimum Gasteiger partial charge on any atom is -0.465 e. The highest BCUT2D eigenvalue weighted by Crippen LogP contribution is 2.31. The van der Waals surface area contributed by atoms with Crippen LogP contribution in [0.15, 0.2) is 56.7 Å². The summed E-state index contributed by atoms with van der Waals surface area (Å²) in [6, 6.07) is 14.8. The van der Waals surface area contributed by atoms with E-state index in [2.05, 4.69) is 26.7 Å². The van der Waals surface area contributed by atoms with Crippen LogP contribution in [0.3, 0.4) is 0 Å². The average molecular weight is 348 g/mol. The second-order valence-corrected chi connectivity index (χ2v) is 5.90. The third-order valence-corrected chi connectivity index (χ3v) is 4.14. The third kappa shape index (κ3) is 3.41. The lowest BCUT2D eigenvalue weighted by molar-refractivity contribution is 0.0600. The molecule has 0 fully saturated rings. The number of nitriles is 1. The highest BCUT2D eigenvalue weighted by molar-refractivity contribution is 9.10. The standard InChI is InChI=1S/C15H10BrNO2S/c1-19-15(18)10-2-5-13(6-3-10)20-14-7-4-12(16)8-11(14)9-17/h2-8H,1H3. The first-order valence-corrected chi connectivity index (χ1v) is 7.31. The summed E-state index contributed by atoms with van der Waals surface area (Å²) >= 11 is 4.82. The van der Waals surface area contributed by atoms with Crippen LogP contribution in [0.2, 0.25) is 0 Å². The van der Waals surface area contributed by atoms with E-state index in [1.807, 2.05) is 24.3 Å². The van der Waals surface area contributed by atoms with Crippen molar-refractivity contribution in [3.8, 4) is 6.07 Å². The molecule has 3 nitrogen and oxygen atoms in total. The van der Waals surface area contributed by atoms with Crippen molar-refractivity contribution in [3.05, 3.63) is 58.1 Å². The minimum absolute atomic E-state index is 0.358. The SMILES string of the molecule is COC(=O)c1ccc(Sc2ccc(Br)cc2C#N)cc1. The summed E-state index contributed by atoms with van der Waals surface area (Å²) in [6.45, 7) is 0. The number of esters is 1. The molecule has 0 spiro atoms. The number of benzene rings is 2. The second-order valence-electron chi connectivity index (χ2n) is 3.87. The van der Waals surface area contributed by atoms with Crippen molar-refractivity contribution in [1.29, 1.82) is 5.26 Å². The molecule has 2 aromatic rings. The van der Waals surface area contributed by atoms with E-state index in [0.717, 1.165) is 14.3 Å². The number of carbonyl (C=O) groups excluding carboxylic acids is 1. The minimum atomic E-state index is -0.358. The zero-order valence-corrected chi connectivity index (χ0v) is 13.0. The summed E-state index contributed by atoms with van der Waals surface area (Å²) < 4.78 is 5.52. The molecular formula is C15H10BrNO2S. The molecule has 0 saturated carbocycles. The molecule has 0 aromatic heterocycles. The fourth-order valence-electron chi connectivity index (χ4n) is 1.58. The topological polar surface area (TPSA) is 50.1 Å². The van der Waals surface area contributed by atoms with Gasteiger partial charge in [0.2, 0.25) is 0 Å². The van der Waals surface area contributed by atoms with Crippen molar-refractivity contribution in [1.82, 2.24) is 0 Å². The van der Waals surface area contributed by atoms with Gasteiger partial charge < -0.3 is 4.74 Å². The van der Waals surface area contributed by atoms with Gasteiger partial charge in [0.25, 0.3) is 0 Å². The maximum Gasteiger partial charge on any atom is 0.337 e. The summed E-state index contributed by atoms with van der Waals surface area (Å²) in [7, 11) is 1.35. The Kier molecular flexibility index (Phi) is 4.83. The van der Waals surface area contributed by atoms with Gasteiger partial charge in [0, 0.05) is 14.3 Å². The van der Waals surface area contributed by atoms with Crippen LogP contribution in [0.5, 0.6) is 0 Å². The molecule has 2 aromatic carbocycles. The van der Waals surface area contributed by atoms with Crippen LogP contribution in [0, 0.1) is 11.3 Å². The fraction of sp³-hybridized carbons (Fsp3) is 0.0667. The van der Waals surface area contributed by atoms with Crippen LogP contribution < -0.4 is 0 Å². The number of halogens is 1. The molecule has 0 saturated heterocycles. The molecule has 0 unspecified atom stereocenters. The van der Waals surface area contributed by atoms with Crippen LogP contribution >= 0.6 is 27.7 Å². The van der Waals surface area contributed by atoms with Gasteiger partial charge in [-0.2, -0.15) is 5.26 Å². The molecule has 0 N–H and O–H groups in total. The molecule has 2 rings (SSSR count). The van der Waals surface area contributed by atoms with Gasteiger partial charge in [0.05, 0.1) is 18.2 Å². The highest BCUT2D eigenvalue weighted by Gasteiger charge is 2.07. The van der Waals surface area contributed by atoms with Gasteiger partial charge >= 0.3 is 5.97 Å². The van der Waals surface area contributed by atoms with Crippen molar-refractivity contribution >= 4 is 33.7 Å². The lowest BCUT2D eigenvalue weighted by Gasteiger charge is -2.05. The van der Waals surface area contributed by atoms with Crippen molar-refractivity contribution < 1.29 is 9.53 Å². The predicted molar refractivity (Wildman–Crippen MR) is 80.8 cm³/mol. The van der Waals surface area contributed by atoms with Crippen LogP contribution in [0.4, 0.5) is 0 Å². The summed E-state index contributed by atoms with van der Waals surface area (Å²) in [5, 5.41) is 9.12. The summed E-state index contributed by atoms with van der Waals surface area (Å²) in [4.78, 5) is 13.2. The Hall–Kier alpha value is -1.77. The van der Waals surface area contributed by atoms with E-state index in [9.17, 15) is 4.79 Å². The largest absolute Gasteiger partial charge is 0.465 e. The molecule has 0 heterocycles. The first-order valence-electron chi connectivity index (χ1n) is 5.70. The number of hydrogen-bond donors (Lipinski definition) is 0. The van der Waals surface area contributed by atoms with Crippen LogP contribution in [-0.2, 0) is 4.74 Å². The second kappa shape index (κ2) is 6.60. The van der Waals surface area contributed by atoms with E-state index in [1.165, 1.54) is 18.9 Å². The van der Waals surface area contributed by atoms with Crippen molar-refractivity contribution in [3.63, 3.8) is 0 Å². The maximum atomic E-state index is 11.3. The molecule has 0 amide bonds.